The lowest BCUT2D eigenvalue weighted by Gasteiger charge is -2.38. The van der Waals surface area contributed by atoms with Crippen LogP contribution in [0.4, 0.5) is 11.8 Å². The maximum atomic E-state index is 12.0. The Labute approximate surface area is 226 Å². The van der Waals surface area contributed by atoms with Gasteiger partial charge in [-0.1, -0.05) is 41.6 Å². The van der Waals surface area contributed by atoms with Crippen LogP contribution in [-0.2, 0) is 9.53 Å². The van der Waals surface area contributed by atoms with E-state index in [0.29, 0.717) is 51.9 Å². The molecule has 0 unspecified atom stereocenters. The number of anilines is 2. The molecular formula is C29H32N6O4. The lowest BCUT2D eigenvalue weighted by molar-refractivity contribution is -0.134. The van der Waals surface area contributed by atoms with Crippen LogP contribution in [0.1, 0.15) is 23.1 Å². The number of benzene rings is 2. The molecule has 0 radical (unpaired) electrons. The van der Waals surface area contributed by atoms with E-state index in [4.69, 9.17) is 19.2 Å². The number of fused-ring (bicyclic) bond motifs is 1. The van der Waals surface area contributed by atoms with Gasteiger partial charge in [0.05, 0.1) is 30.5 Å². The van der Waals surface area contributed by atoms with Crippen LogP contribution in [0.3, 0.4) is 0 Å². The zero-order valence-corrected chi connectivity index (χ0v) is 22.2. The summed E-state index contributed by atoms with van der Waals surface area (Å²) in [5.74, 6) is 2.02. The van der Waals surface area contributed by atoms with E-state index in [1.807, 2.05) is 38.1 Å². The Bertz CT molecular complexity index is 1460. The second kappa shape index (κ2) is 10.6. The highest BCUT2D eigenvalue weighted by atomic mass is 16.5. The molecule has 10 nitrogen and oxygen atoms in total. The van der Waals surface area contributed by atoms with Crippen LogP contribution in [0.15, 0.2) is 53.1 Å². The number of aliphatic hydroxyl groups excluding tert-OH is 1. The van der Waals surface area contributed by atoms with Gasteiger partial charge in [-0.15, -0.1) is 0 Å². The summed E-state index contributed by atoms with van der Waals surface area (Å²) in [4.78, 5) is 28.3. The third kappa shape index (κ3) is 4.81. The number of carbonyl (C=O) groups excluding carboxylic acids is 1. The van der Waals surface area contributed by atoms with Crippen LogP contribution in [0.5, 0.6) is 0 Å². The van der Waals surface area contributed by atoms with Crippen molar-refractivity contribution in [3.63, 3.8) is 0 Å². The van der Waals surface area contributed by atoms with Crippen LogP contribution in [0.25, 0.3) is 22.0 Å². The van der Waals surface area contributed by atoms with Crippen molar-refractivity contribution in [3.8, 4) is 11.1 Å². The minimum absolute atomic E-state index is 0.00708. The molecule has 0 saturated carbocycles. The molecule has 202 valence electrons. The highest BCUT2D eigenvalue weighted by molar-refractivity contribution is 5.94. The van der Waals surface area contributed by atoms with E-state index < -0.39 is 6.61 Å². The fraction of sp³-hybridized carbons (Fsp3) is 0.379. The number of rotatable bonds is 5. The van der Waals surface area contributed by atoms with Crippen LogP contribution < -0.4 is 9.80 Å². The van der Waals surface area contributed by atoms with Crippen molar-refractivity contribution in [3.05, 3.63) is 65.5 Å². The number of carbonyl (C=O) groups is 1. The Hall–Kier alpha value is -4.02. The van der Waals surface area contributed by atoms with Gasteiger partial charge in [-0.05, 0) is 37.1 Å². The Morgan fingerprint density at radius 2 is 1.82 bits per heavy atom. The maximum absolute atomic E-state index is 12.0. The number of ether oxygens (including phenoxy) is 1. The van der Waals surface area contributed by atoms with Gasteiger partial charge in [0, 0.05) is 43.7 Å². The largest absolute Gasteiger partial charge is 0.387 e. The highest BCUT2D eigenvalue weighted by Crippen LogP contribution is 2.37. The molecule has 10 heteroatoms. The Morgan fingerprint density at radius 3 is 2.54 bits per heavy atom. The average molecular weight is 529 g/mol. The monoisotopic (exact) mass is 528 g/mol. The number of nitrogens with zero attached hydrogens (tertiary/aromatic N) is 6. The molecule has 2 aromatic heterocycles. The van der Waals surface area contributed by atoms with Crippen LogP contribution >= 0.6 is 0 Å². The molecule has 2 saturated heterocycles. The first-order chi connectivity index (χ1) is 19.0. The number of aliphatic hydroxyl groups is 1. The van der Waals surface area contributed by atoms with E-state index in [1.54, 1.807) is 4.90 Å². The molecule has 0 bridgehead atoms. The summed E-state index contributed by atoms with van der Waals surface area (Å²) in [5.41, 5.74) is 4.85. The number of aryl methyl sites for hydroxylation is 2. The molecule has 4 aromatic rings. The third-order valence-corrected chi connectivity index (χ3v) is 7.62. The van der Waals surface area contributed by atoms with Gasteiger partial charge in [0.15, 0.2) is 0 Å². The number of aromatic nitrogens is 3. The van der Waals surface area contributed by atoms with Gasteiger partial charge >= 0.3 is 0 Å². The second-order valence-corrected chi connectivity index (χ2v) is 10.00. The normalized spacial score (nSPS) is 18.1. The Kier molecular flexibility index (Phi) is 6.88. The Morgan fingerprint density at radius 1 is 1.03 bits per heavy atom. The molecule has 2 fully saturated rings. The molecule has 2 aliphatic rings. The van der Waals surface area contributed by atoms with Crippen molar-refractivity contribution in [2.45, 2.75) is 19.9 Å². The van der Waals surface area contributed by atoms with E-state index in [1.165, 1.54) is 5.56 Å². The van der Waals surface area contributed by atoms with Crippen molar-refractivity contribution in [2.24, 2.45) is 0 Å². The van der Waals surface area contributed by atoms with Gasteiger partial charge in [0.25, 0.3) is 0 Å². The maximum Gasteiger partial charge on any atom is 0.248 e. The molecule has 6 rings (SSSR count). The van der Waals surface area contributed by atoms with Crippen LogP contribution in [-0.4, -0.2) is 83.6 Å². The van der Waals surface area contributed by atoms with Crippen molar-refractivity contribution < 1.29 is 19.2 Å². The minimum atomic E-state index is -0.470. The molecule has 39 heavy (non-hydrogen) atoms. The van der Waals surface area contributed by atoms with Crippen molar-refractivity contribution in [1.82, 2.24) is 20.0 Å². The highest BCUT2D eigenvalue weighted by Gasteiger charge is 2.30. The first-order valence-corrected chi connectivity index (χ1v) is 13.3. The zero-order valence-electron chi connectivity index (χ0n) is 22.2. The second-order valence-electron chi connectivity index (χ2n) is 10.00. The van der Waals surface area contributed by atoms with Gasteiger partial charge < -0.3 is 29.1 Å². The summed E-state index contributed by atoms with van der Waals surface area (Å²) in [6.07, 6.45) is 0. The number of amides is 1. The summed E-state index contributed by atoms with van der Waals surface area (Å²) < 4.78 is 11.4. The first-order valence-electron chi connectivity index (χ1n) is 13.3. The molecule has 4 heterocycles. The first kappa shape index (κ1) is 25.3. The molecular weight excluding hydrogens is 496 g/mol. The summed E-state index contributed by atoms with van der Waals surface area (Å²) in [7, 11) is 0. The molecule has 2 aliphatic heterocycles. The van der Waals surface area contributed by atoms with E-state index in [2.05, 4.69) is 39.2 Å². The van der Waals surface area contributed by atoms with Gasteiger partial charge in [-0.3, -0.25) is 4.79 Å². The number of piperazine rings is 1. The fourth-order valence-electron chi connectivity index (χ4n) is 5.58. The fourth-order valence-corrected chi connectivity index (χ4v) is 5.58. The van der Waals surface area contributed by atoms with Crippen LogP contribution in [0, 0.1) is 13.8 Å². The standard InChI is InChI=1S/C29H32N6O4/c1-19-27(20(2)39-32-19)22-8-9-24-23(16-22)28(35-14-15-38-18-25(35)21-6-4-3-5-7-21)31-29(30-24)34-12-10-33(11-13-34)26(37)17-36/h3-9,16,25,36H,10-15,17-18H2,1-2H3/t25-/m1/s1. The van der Waals surface area contributed by atoms with Crippen molar-refractivity contribution >= 4 is 28.6 Å². The summed E-state index contributed by atoms with van der Waals surface area (Å²) in [5, 5.41) is 14.4. The topological polar surface area (TPSA) is 108 Å². The summed E-state index contributed by atoms with van der Waals surface area (Å²) in [6.45, 7) is 7.50. The number of morpholine rings is 1. The zero-order chi connectivity index (χ0) is 26.9. The van der Waals surface area contributed by atoms with E-state index in [-0.39, 0.29) is 11.9 Å². The van der Waals surface area contributed by atoms with Crippen molar-refractivity contribution in [1.29, 1.82) is 0 Å². The van der Waals surface area contributed by atoms with Crippen molar-refractivity contribution in [2.75, 3.05) is 62.3 Å². The minimum Gasteiger partial charge on any atom is -0.387 e. The van der Waals surface area contributed by atoms with Gasteiger partial charge in [0.1, 0.15) is 18.2 Å². The predicted octanol–water partition coefficient (Wildman–Crippen LogP) is 3.12. The predicted molar refractivity (Wildman–Crippen MR) is 148 cm³/mol. The molecule has 1 N–H and O–H groups in total. The lowest BCUT2D eigenvalue weighted by Crippen LogP contribution is -2.50. The Balaban J connectivity index is 1.46. The summed E-state index contributed by atoms with van der Waals surface area (Å²) in [6, 6.07) is 16.6. The van der Waals surface area contributed by atoms with Gasteiger partial charge in [-0.2, -0.15) is 4.98 Å². The molecule has 2 aromatic carbocycles. The molecule has 1 atom stereocenters. The van der Waals surface area contributed by atoms with Gasteiger partial charge in [-0.25, -0.2) is 4.98 Å². The molecule has 1 amide bonds. The molecule has 0 spiro atoms. The quantitative estimate of drug-likeness (QED) is 0.418. The van der Waals surface area contributed by atoms with E-state index in [0.717, 1.165) is 39.3 Å². The van der Waals surface area contributed by atoms with E-state index in [9.17, 15) is 9.90 Å². The van der Waals surface area contributed by atoms with Gasteiger partial charge in [0.2, 0.25) is 11.9 Å². The van der Waals surface area contributed by atoms with Crippen LogP contribution in [0.2, 0.25) is 0 Å². The van der Waals surface area contributed by atoms with E-state index >= 15 is 0 Å². The number of hydrogen-bond donors (Lipinski definition) is 1. The SMILES string of the molecule is Cc1noc(C)c1-c1ccc2nc(N3CCN(C(=O)CO)CC3)nc(N3CCOC[C@@H]3c3ccccc3)c2c1. The molecule has 0 aliphatic carbocycles. The average Bonchev–Trinajstić information content (AvgIpc) is 3.33. The lowest BCUT2D eigenvalue weighted by atomic mass is 10.0. The number of hydrogen-bond acceptors (Lipinski definition) is 9. The smallest absolute Gasteiger partial charge is 0.248 e. The summed E-state index contributed by atoms with van der Waals surface area (Å²) >= 11 is 0. The third-order valence-electron chi connectivity index (χ3n) is 7.62.